The van der Waals surface area contributed by atoms with Gasteiger partial charge in [-0.2, -0.15) is 0 Å². The molecule has 4 amide bonds. The van der Waals surface area contributed by atoms with E-state index in [4.69, 9.17) is 14.2 Å². The van der Waals surface area contributed by atoms with Gasteiger partial charge in [-0.15, -0.1) is 0 Å². The summed E-state index contributed by atoms with van der Waals surface area (Å²) in [7, 11) is -4.44. The number of hydrogen-bond donors (Lipinski definition) is 3. The highest BCUT2D eigenvalue weighted by atomic mass is 32.2. The number of alkyl halides is 3. The highest BCUT2D eigenvalue weighted by Crippen LogP contribution is 2.48. The van der Waals surface area contributed by atoms with E-state index in [-0.39, 0.29) is 44.0 Å². The van der Waals surface area contributed by atoms with Crippen LogP contribution in [0, 0.1) is 17.8 Å². The third-order valence-corrected chi connectivity index (χ3v) is 14.3. The number of hydrogen-bond acceptors (Lipinski definition) is 10. The molecule has 18 heteroatoms. The maximum atomic E-state index is 14.8. The van der Waals surface area contributed by atoms with Crippen LogP contribution in [0.3, 0.4) is 0 Å². The molecule has 6 rings (SSSR count). The van der Waals surface area contributed by atoms with Crippen molar-refractivity contribution in [3.8, 4) is 11.6 Å². The van der Waals surface area contributed by atoms with Gasteiger partial charge in [-0.3, -0.25) is 19.1 Å². The Hall–Kier alpha value is -4.61. The third kappa shape index (κ3) is 9.11. The first kappa shape index (κ1) is 44.0. The Labute approximate surface area is 342 Å². The van der Waals surface area contributed by atoms with Crippen molar-refractivity contribution < 1.29 is 55.0 Å². The first-order chi connectivity index (χ1) is 27.7. The number of ether oxygens (including phenoxy) is 3. The van der Waals surface area contributed by atoms with Crippen LogP contribution in [0.25, 0.3) is 10.8 Å². The number of amides is 4. The van der Waals surface area contributed by atoms with Crippen molar-refractivity contribution in [2.24, 2.45) is 17.8 Å². The van der Waals surface area contributed by atoms with Gasteiger partial charge in [0.05, 0.1) is 13.2 Å². The molecule has 0 bridgehead atoms. The van der Waals surface area contributed by atoms with Gasteiger partial charge in [-0.1, -0.05) is 26.0 Å². The van der Waals surface area contributed by atoms with E-state index in [0.717, 1.165) is 19.2 Å². The first-order valence-corrected chi connectivity index (χ1v) is 21.6. The minimum atomic E-state index is -4.44. The number of rotatable bonds is 11. The van der Waals surface area contributed by atoms with Crippen molar-refractivity contribution in [2.45, 2.75) is 126 Å². The van der Waals surface area contributed by atoms with Gasteiger partial charge in [-0.05, 0) is 101 Å². The molecule has 59 heavy (non-hydrogen) atoms. The Morgan fingerprint density at radius 2 is 1.83 bits per heavy atom. The van der Waals surface area contributed by atoms with Gasteiger partial charge < -0.3 is 29.7 Å². The number of nitrogens with one attached hydrogen (secondary N) is 3. The first-order valence-electron chi connectivity index (χ1n) is 20.1. The third-order valence-electron chi connectivity index (χ3n) is 12.2. The standard InChI is InChI=1S/C41H54F3N5O9S/c1-7-56-28-12-13-30-26(19-28)14-17-45-34(30)57-29-20-31-33(50)47-41(36(52)48-59(54,55)40(23-42)15-16-40)21-27(41)11-9-8-10-24(2)18-25(3)32(35(51)49(31)22-29)46-37(53)58-38(4,5)39(6,43)44/h9,11-14,17,19,24-25,27,29,31-32H,7-8,10,15-16,18,20-23H2,1-6H3,(H,46,53)(H,47,50)(H,48,52)/b11-9-/t24-,25-,27?,29-,31+,32+,41-/m1/s1. The Bertz CT molecular complexity index is 2090. The molecule has 2 aliphatic carbocycles. The Kier molecular flexibility index (Phi) is 12.3. The van der Waals surface area contributed by atoms with Crippen LogP contribution in [0.15, 0.2) is 42.6 Å². The number of benzene rings is 1. The summed E-state index contributed by atoms with van der Waals surface area (Å²) in [5.74, 6) is -6.31. The van der Waals surface area contributed by atoms with Crippen LogP contribution in [-0.2, 0) is 29.1 Å². The quantitative estimate of drug-likeness (QED) is 0.250. The number of carbonyl (C=O) groups excluding carboxylic acids is 4. The predicted molar refractivity (Wildman–Crippen MR) is 211 cm³/mol. The minimum Gasteiger partial charge on any atom is -0.494 e. The fraction of sp³-hybridized carbons (Fsp3) is 0.634. The van der Waals surface area contributed by atoms with Crippen molar-refractivity contribution in [1.82, 2.24) is 25.2 Å². The lowest BCUT2D eigenvalue weighted by atomic mass is 9.88. The van der Waals surface area contributed by atoms with Gasteiger partial charge in [0.15, 0.2) is 5.60 Å². The molecule has 7 atom stereocenters. The summed E-state index contributed by atoms with van der Waals surface area (Å²) in [6.07, 6.45) is 4.64. The van der Waals surface area contributed by atoms with E-state index in [1.54, 1.807) is 37.4 Å². The van der Waals surface area contributed by atoms with E-state index in [1.165, 1.54) is 4.90 Å². The number of halogens is 3. The molecule has 1 aromatic heterocycles. The lowest BCUT2D eigenvalue weighted by molar-refractivity contribution is -0.152. The van der Waals surface area contributed by atoms with Crippen LogP contribution in [0.1, 0.15) is 86.5 Å². The van der Waals surface area contributed by atoms with Crippen LogP contribution < -0.4 is 24.8 Å². The number of aromatic nitrogens is 1. The number of sulfonamides is 1. The maximum absolute atomic E-state index is 14.8. The van der Waals surface area contributed by atoms with Gasteiger partial charge in [0, 0.05) is 30.8 Å². The summed E-state index contributed by atoms with van der Waals surface area (Å²) in [6, 6.07) is 4.46. The fourth-order valence-electron chi connectivity index (χ4n) is 7.87. The van der Waals surface area contributed by atoms with E-state index in [2.05, 4.69) is 15.6 Å². The Morgan fingerprint density at radius 1 is 1.10 bits per heavy atom. The Balaban J connectivity index is 1.35. The molecule has 1 saturated heterocycles. The van der Waals surface area contributed by atoms with Crippen LogP contribution >= 0.6 is 0 Å². The zero-order valence-electron chi connectivity index (χ0n) is 34.2. The van der Waals surface area contributed by atoms with Gasteiger partial charge in [0.2, 0.25) is 27.7 Å². The second-order valence-corrected chi connectivity index (χ2v) is 19.2. The summed E-state index contributed by atoms with van der Waals surface area (Å²) in [4.78, 5) is 62.2. The van der Waals surface area contributed by atoms with E-state index in [1.807, 2.05) is 30.7 Å². The number of pyridine rings is 1. The molecule has 324 valence electrons. The van der Waals surface area contributed by atoms with Crippen molar-refractivity contribution in [1.29, 1.82) is 0 Å². The molecule has 0 spiro atoms. The number of fused-ring (bicyclic) bond motifs is 3. The number of carbonyl (C=O) groups is 4. The summed E-state index contributed by atoms with van der Waals surface area (Å²) in [5, 5.41) is 6.67. The summed E-state index contributed by atoms with van der Waals surface area (Å²) in [5.41, 5.74) is -3.97. The smallest absolute Gasteiger partial charge is 0.408 e. The molecule has 14 nitrogen and oxygen atoms in total. The van der Waals surface area contributed by atoms with Gasteiger partial charge in [-0.25, -0.2) is 31.4 Å². The number of allylic oxidation sites excluding steroid dienone is 1. The van der Waals surface area contributed by atoms with Crippen molar-refractivity contribution in [3.63, 3.8) is 0 Å². The molecule has 0 radical (unpaired) electrons. The van der Waals surface area contributed by atoms with Crippen molar-refractivity contribution in [2.75, 3.05) is 19.8 Å². The highest BCUT2D eigenvalue weighted by molar-refractivity contribution is 7.91. The van der Waals surface area contributed by atoms with E-state index in [0.29, 0.717) is 43.9 Å². The van der Waals surface area contributed by atoms with E-state index in [9.17, 15) is 40.8 Å². The summed E-state index contributed by atoms with van der Waals surface area (Å²) < 4.78 is 86.6. The SMILES string of the molecule is CCOc1ccc2c(O[C@@H]3C[C@H]4C(=O)N[C@]5(C(=O)NS(=O)(=O)C6(CF)CC6)CC5/C=C\CC[C@@H](C)C[C@@H](C)[C@H](NC(=O)OC(C)(C)C(C)(F)F)C(=O)N4C3)nccc2c1. The number of alkyl carbamates (subject to hydrolysis) is 1. The van der Waals surface area contributed by atoms with Crippen LogP contribution in [0.5, 0.6) is 11.6 Å². The lowest BCUT2D eigenvalue weighted by Crippen LogP contribution is -2.60. The van der Waals surface area contributed by atoms with Gasteiger partial charge >= 0.3 is 6.09 Å². The van der Waals surface area contributed by atoms with E-state index >= 15 is 0 Å². The van der Waals surface area contributed by atoms with Gasteiger partial charge in [0.25, 0.3) is 11.8 Å². The maximum Gasteiger partial charge on any atom is 0.408 e. The molecule has 1 aromatic carbocycles. The fourth-order valence-corrected chi connectivity index (χ4v) is 9.29. The summed E-state index contributed by atoms with van der Waals surface area (Å²) >= 11 is 0. The van der Waals surface area contributed by atoms with Crippen LogP contribution in [0.4, 0.5) is 18.0 Å². The predicted octanol–water partition coefficient (Wildman–Crippen LogP) is 5.35. The van der Waals surface area contributed by atoms with Crippen molar-refractivity contribution in [3.05, 3.63) is 42.6 Å². The monoisotopic (exact) mass is 849 g/mol. The lowest BCUT2D eigenvalue weighted by Gasteiger charge is -2.35. The molecular formula is C41H54F3N5O9S. The molecule has 2 aliphatic heterocycles. The average Bonchev–Trinajstić information content (AvgIpc) is 4.06. The normalized spacial score (nSPS) is 29.1. The van der Waals surface area contributed by atoms with Gasteiger partial charge in [0.1, 0.15) is 40.9 Å². The summed E-state index contributed by atoms with van der Waals surface area (Å²) in [6.45, 7) is 7.38. The zero-order chi connectivity index (χ0) is 43.1. The largest absolute Gasteiger partial charge is 0.494 e. The highest BCUT2D eigenvalue weighted by Gasteiger charge is 2.64. The molecule has 1 unspecified atom stereocenters. The molecule has 2 aromatic rings. The second-order valence-electron chi connectivity index (χ2n) is 17.2. The molecular weight excluding hydrogens is 796 g/mol. The minimum absolute atomic E-state index is 0.0111. The van der Waals surface area contributed by atoms with Crippen LogP contribution in [-0.4, -0.2) is 102 Å². The van der Waals surface area contributed by atoms with E-state index < -0.39 is 92.3 Å². The molecule has 3 fully saturated rings. The van der Waals surface area contributed by atoms with Crippen molar-refractivity contribution >= 4 is 44.6 Å². The zero-order valence-corrected chi connectivity index (χ0v) is 35.0. The number of nitrogens with zero attached hydrogens (tertiary/aromatic N) is 2. The topological polar surface area (TPSA) is 182 Å². The average molecular weight is 850 g/mol. The Morgan fingerprint density at radius 3 is 2.49 bits per heavy atom. The van der Waals surface area contributed by atoms with Crippen LogP contribution in [0.2, 0.25) is 0 Å². The molecule has 3 heterocycles. The molecule has 4 aliphatic rings. The molecule has 2 saturated carbocycles. The second kappa shape index (κ2) is 16.4. The molecule has 3 N–H and O–H groups in total.